The van der Waals surface area contributed by atoms with Gasteiger partial charge in [0, 0.05) is 22.5 Å². The van der Waals surface area contributed by atoms with Crippen LogP contribution < -0.4 is 4.90 Å². The molecule has 2 rings (SSSR count). The molecule has 1 saturated heterocycles. The molecule has 18 heavy (non-hydrogen) atoms. The van der Waals surface area contributed by atoms with Gasteiger partial charge in [-0.15, -0.1) is 12.3 Å². The molecule has 1 aliphatic heterocycles. The van der Waals surface area contributed by atoms with Gasteiger partial charge in [0.25, 0.3) is 0 Å². The summed E-state index contributed by atoms with van der Waals surface area (Å²) in [5.41, 5.74) is 0.554. The highest BCUT2D eigenvalue weighted by atomic mass is 127. The monoisotopic (exact) mass is 355 g/mol. The lowest BCUT2D eigenvalue weighted by Crippen LogP contribution is -2.26. The number of hydrogen-bond acceptors (Lipinski definition) is 2. The first-order valence-corrected chi connectivity index (χ1v) is 6.40. The zero-order valence-electron chi connectivity index (χ0n) is 9.39. The highest BCUT2D eigenvalue weighted by Gasteiger charge is 2.31. The molecule has 1 aliphatic rings. The van der Waals surface area contributed by atoms with Gasteiger partial charge in [-0.05, 0) is 40.8 Å². The molecule has 5 heteroatoms. The van der Waals surface area contributed by atoms with Gasteiger partial charge in [0.05, 0.1) is 11.3 Å². The lowest BCUT2D eigenvalue weighted by Gasteiger charge is -2.18. The zero-order chi connectivity index (χ0) is 13.3. The van der Waals surface area contributed by atoms with Crippen molar-refractivity contribution in [3.8, 4) is 12.3 Å². The van der Waals surface area contributed by atoms with Crippen LogP contribution >= 0.6 is 22.6 Å². The van der Waals surface area contributed by atoms with Gasteiger partial charge in [0.2, 0.25) is 5.91 Å². The Morgan fingerprint density at radius 3 is 2.83 bits per heavy atom. The quantitative estimate of drug-likeness (QED) is 0.652. The van der Waals surface area contributed by atoms with E-state index in [1.807, 2.05) is 0 Å². The maximum Gasteiger partial charge on any atom is 0.337 e. The molecule has 1 fully saturated rings. The van der Waals surface area contributed by atoms with E-state index in [4.69, 9.17) is 11.5 Å². The van der Waals surface area contributed by atoms with Crippen LogP contribution in [0, 0.1) is 21.8 Å². The highest BCUT2D eigenvalue weighted by molar-refractivity contribution is 14.1. The van der Waals surface area contributed by atoms with E-state index in [2.05, 4.69) is 28.5 Å². The van der Waals surface area contributed by atoms with Crippen LogP contribution in [0.3, 0.4) is 0 Å². The van der Waals surface area contributed by atoms with Gasteiger partial charge in [-0.1, -0.05) is 0 Å². The van der Waals surface area contributed by atoms with E-state index in [1.165, 1.54) is 11.0 Å². The number of rotatable bonds is 2. The lowest BCUT2D eigenvalue weighted by atomic mass is 10.1. The van der Waals surface area contributed by atoms with Crippen LogP contribution in [0.4, 0.5) is 5.69 Å². The summed E-state index contributed by atoms with van der Waals surface area (Å²) in [7, 11) is 0. The number of carboxylic acid groups (broad SMARTS) is 1. The minimum absolute atomic E-state index is 0.123. The predicted molar refractivity (Wildman–Crippen MR) is 75.4 cm³/mol. The summed E-state index contributed by atoms with van der Waals surface area (Å²) in [5, 5.41) is 9.15. The highest BCUT2D eigenvalue weighted by Crippen LogP contribution is 2.29. The fourth-order valence-corrected chi connectivity index (χ4v) is 2.44. The molecule has 0 aliphatic carbocycles. The second-order valence-electron chi connectivity index (χ2n) is 4.04. The van der Waals surface area contributed by atoms with Crippen molar-refractivity contribution in [1.82, 2.24) is 0 Å². The number of carboxylic acids is 1. The smallest absolute Gasteiger partial charge is 0.337 e. The summed E-state index contributed by atoms with van der Waals surface area (Å²) in [6.45, 7) is 0.385. The molecule has 4 nitrogen and oxygen atoms in total. The average Bonchev–Trinajstić information content (AvgIpc) is 2.70. The third-order valence-electron chi connectivity index (χ3n) is 2.84. The van der Waals surface area contributed by atoms with Crippen molar-refractivity contribution in [2.24, 2.45) is 5.92 Å². The Hall–Kier alpha value is -1.55. The van der Waals surface area contributed by atoms with Gasteiger partial charge in [0.1, 0.15) is 0 Å². The van der Waals surface area contributed by atoms with Crippen LogP contribution in [-0.4, -0.2) is 23.5 Å². The van der Waals surface area contributed by atoms with E-state index in [9.17, 15) is 9.59 Å². The second kappa shape index (κ2) is 4.98. The van der Waals surface area contributed by atoms with Crippen molar-refractivity contribution in [2.45, 2.75) is 6.42 Å². The number of carbonyl (C=O) groups is 2. The molecule has 1 heterocycles. The minimum Gasteiger partial charge on any atom is -0.478 e. The standard InChI is InChI=1S/C13H10INO3/c1-2-8-5-12(16)15(7-8)11-6-9(14)3-4-10(11)13(17)18/h1,3-4,6,8H,5,7H2,(H,17,18). The number of benzene rings is 1. The van der Waals surface area contributed by atoms with Gasteiger partial charge < -0.3 is 10.0 Å². The summed E-state index contributed by atoms with van der Waals surface area (Å²) in [6, 6.07) is 4.91. The molecule has 1 aromatic rings. The van der Waals surface area contributed by atoms with E-state index in [0.29, 0.717) is 12.2 Å². The predicted octanol–water partition coefficient (Wildman–Crippen LogP) is 1.98. The maximum absolute atomic E-state index is 11.9. The molecule has 1 aromatic carbocycles. The summed E-state index contributed by atoms with van der Waals surface area (Å²) in [6.07, 6.45) is 5.60. The van der Waals surface area contributed by atoms with E-state index in [-0.39, 0.29) is 23.8 Å². The Balaban J connectivity index is 2.45. The average molecular weight is 355 g/mol. The van der Waals surface area contributed by atoms with Gasteiger partial charge >= 0.3 is 5.97 Å². The molecular weight excluding hydrogens is 345 g/mol. The number of terminal acetylenes is 1. The molecule has 0 aromatic heterocycles. The second-order valence-corrected chi connectivity index (χ2v) is 5.28. The van der Waals surface area contributed by atoms with E-state index in [1.54, 1.807) is 12.1 Å². The van der Waals surface area contributed by atoms with Gasteiger partial charge in [-0.3, -0.25) is 4.79 Å². The Bertz CT molecular complexity index is 562. The summed E-state index contributed by atoms with van der Waals surface area (Å²) < 4.78 is 0.879. The summed E-state index contributed by atoms with van der Waals surface area (Å²) in [5.74, 6) is 1.24. The number of anilines is 1. The largest absolute Gasteiger partial charge is 0.478 e. The van der Waals surface area contributed by atoms with E-state index >= 15 is 0 Å². The van der Waals surface area contributed by atoms with Crippen molar-refractivity contribution in [3.63, 3.8) is 0 Å². The number of carbonyl (C=O) groups excluding carboxylic acids is 1. The summed E-state index contributed by atoms with van der Waals surface area (Å²) in [4.78, 5) is 24.5. The number of nitrogens with zero attached hydrogens (tertiary/aromatic N) is 1. The van der Waals surface area contributed by atoms with Gasteiger partial charge in [-0.25, -0.2) is 4.79 Å². The molecule has 1 atom stereocenters. The molecule has 1 unspecified atom stereocenters. The fourth-order valence-electron chi connectivity index (χ4n) is 1.96. The normalized spacial score (nSPS) is 18.8. The SMILES string of the molecule is C#CC1CC(=O)N(c2cc(I)ccc2C(=O)O)C1. The Kier molecular flexibility index (Phi) is 3.57. The third kappa shape index (κ3) is 2.34. The van der Waals surface area contributed by atoms with Crippen LogP contribution in [0.15, 0.2) is 18.2 Å². The number of hydrogen-bond donors (Lipinski definition) is 1. The zero-order valence-corrected chi connectivity index (χ0v) is 11.5. The first kappa shape index (κ1) is 12.9. The van der Waals surface area contributed by atoms with Crippen LogP contribution in [0.2, 0.25) is 0 Å². The Labute approximate surface area is 118 Å². The van der Waals surface area contributed by atoms with Crippen molar-refractivity contribution >= 4 is 40.2 Å². The first-order chi connectivity index (χ1) is 8.52. The number of amides is 1. The molecule has 92 valence electrons. The van der Waals surface area contributed by atoms with Crippen molar-refractivity contribution in [1.29, 1.82) is 0 Å². The Morgan fingerprint density at radius 1 is 1.56 bits per heavy atom. The Morgan fingerprint density at radius 2 is 2.28 bits per heavy atom. The number of halogens is 1. The van der Waals surface area contributed by atoms with Crippen molar-refractivity contribution < 1.29 is 14.7 Å². The van der Waals surface area contributed by atoms with Gasteiger partial charge in [0.15, 0.2) is 0 Å². The molecular formula is C13H10INO3. The van der Waals surface area contributed by atoms with Crippen molar-refractivity contribution in [2.75, 3.05) is 11.4 Å². The molecule has 0 saturated carbocycles. The number of aromatic carboxylic acids is 1. The molecule has 0 bridgehead atoms. The van der Waals surface area contributed by atoms with Crippen LogP contribution in [0.1, 0.15) is 16.8 Å². The lowest BCUT2D eigenvalue weighted by molar-refractivity contribution is -0.117. The fraction of sp³-hybridized carbons (Fsp3) is 0.231. The third-order valence-corrected chi connectivity index (χ3v) is 3.51. The molecule has 1 N–H and O–H groups in total. The van der Waals surface area contributed by atoms with Crippen LogP contribution in [0.25, 0.3) is 0 Å². The van der Waals surface area contributed by atoms with Crippen LogP contribution in [-0.2, 0) is 4.79 Å². The van der Waals surface area contributed by atoms with Crippen molar-refractivity contribution in [3.05, 3.63) is 27.3 Å². The van der Waals surface area contributed by atoms with E-state index < -0.39 is 5.97 Å². The first-order valence-electron chi connectivity index (χ1n) is 5.32. The van der Waals surface area contributed by atoms with Crippen LogP contribution in [0.5, 0.6) is 0 Å². The van der Waals surface area contributed by atoms with Gasteiger partial charge in [-0.2, -0.15) is 0 Å². The topological polar surface area (TPSA) is 57.6 Å². The summed E-state index contributed by atoms with van der Waals surface area (Å²) >= 11 is 2.08. The minimum atomic E-state index is -1.04. The molecule has 0 spiro atoms. The molecule has 0 radical (unpaired) electrons. The van der Waals surface area contributed by atoms with E-state index in [0.717, 1.165) is 3.57 Å². The molecule has 1 amide bonds. The maximum atomic E-state index is 11.9.